The van der Waals surface area contributed by atoms with Crippen LogP contribution in [0, 0.1) is 24.1 Å². The van der Waals surface area contributed by atoms with Crippen LogP contribution < -0.4 is 0 Å². The summed E-state index contributed by atoms with van der Waals surface area (Å²) in [6.45, 7) is 1.88. The highest BCUT2D eigenvalue weighted by molar-refractivity contribution is 6.31. The van der Waals surface area contributed by atoms with E-state index in [4.69, 9.17) is 11.6 Å². The van der Waals surface area contributed by atoms with Gasteiger partial charge < -0.3 is 0 Å². The summed E-state index contributed by atoms with van der Waals surface area (Å²) in [6, 6.07) is 10.4. The molecule has 0 spiro atoms. The molecule has 0 saturated carbocycles. The number of pyridine rings is 1. The molecule has 2 aromatic heterocycles. The molecule has 0 unspecified atom stereocenters. The molecule has 3 nitrogen and oxygen atoms in total. The van der Waals surface area contributed by atoms with Crippen LogP contribution in [-0.4, -0.2) is 9.38 Å². The number of aromatic nitrogens is 2. The predicted molar refractivity (Wildman–Crippen MR) is 75.0 cm³/mol. The monoisotopic (exact) mass is 285 g/mol. The Hall–Kier alpha value is -2.38. The van der Waals surface area contributed by atoms with Crippen molar-refractivity contribution in [2.24, 2.45) is 0 Å². The summed E-state index contributed by atoms with van der Waals surface area (Å²) in [5, 5.41) is 9.98. The zero-order valence-electron chi connectivity index (χ0n) is 10.6. The number of fused-ring (bicyclic) bond motifs is 1. The molecule has 0 aliphatic heterocycles. The van der Waals surface area contributed by atoms with Gasteiger partial charge in [-0.2, -0.15) is 5.26 Å². The minimum Gasteiger partial charge on any atom is -0.288 e. The average Bonchev–Trinajstić information content (AvgIpc) is 2.79. The Balaban J connectivity index is 2.31. The predicted octanol–water partition coefficient (Wildman–Crippen LogP) is 3.97. The van der Waals surface area contributed by atoms with Crippen LogP contribution in [-0.2, 0) is 0 Å². The molecule has 0 bridgehead atoms. The third kappa shape index (κ3) is 1.93. The summed E-state index contributed by atoms with van der Waals surface area (Å²) in [7, 11) is 0. The molecule has 0 atom stereocenters. The lowest BCUT2D eigenvalue weighted by Crippen LogP contribution is -1.90. The molecule has 5 heteroatoms. The molecular formula is C15H9ClFN3. The minimum atomic E-state index is -0.412. The second-order valence-corrected chi connectivity index (χ2v) is 4.87. The number of benzene rings is 1. The molecule has 0 amide bonds. The van der Waals surface area contributed by atoms with Crippen molar-refractivity contribution in [2.45, 2.75) is 6.92 Å². The van der Waals surface area contributed by atoms with Crippen LogP contribution in [0.3, 0.4) is 0 Å². The normalized spacial score (nSPS) is 10.7. The Labute approximate surface area is 119 Å². The summed E-state index contributed by atoms with van der Waals surface area (Å²) < 4.78 is 14.8. The highest BCUT2D eigenvalue weighted by atomic mass is 35.5. The Morgan fingerprint density at radius 1 is 1.30 bits per heavy atom. The Kier molecular flexibility index (Phi) is 2.92. The Morgan fingerprint density at radius 3 is 2.80 bits per heavy atom. The Bertz CT molecular complexity index is 861. The first-order valence-electron chi connectivity index (χ1n) is 5.94. The minimum absolute atomic E-state index is 0.307. The Morgan fingerprint density at radius 2 is 2.10 bits per heavy atom. The zero-order chi connectivity index (χ0) is 14.3. The lowest BCUT2D eigenvalue weighted by Gasteiger charge is -2.01. The van der Waals surface area contributed by atoms with Gasteiger partial charge in [0.05, 0.1) is 0 Å². The van der Waals surface area contributed by atoms with Crippen LogP contribution in [0.5, 0.6) is 0 Å². The highest BCUT2D eigenvalue weighted by Crippen LogP contribution is 2.27. The van der Waals surface area contributed by atoms with Crippen molar-refractivity contribution in [3.05, 3.63) is 58.6 Å². The van der Waals surface area contributed by atoms with Crippen LogP contribution in [0.15, 0.2) is 36.5 Å². The SMILES string of the molecule is Cc1cc(-c2nc3ccc(F)cn3c2C#N)ccc1Cl. The first-order chi connectivity index (χ1) is 9.60. The van der Waals surface area contributed by atoms with Gasteiger partial charge in [0.1, 0.15) is 23.2 Å². The van der Waals surface area contributed by atoms with Crippen molar-refractivity contribution < 1.29 is 4.39 Å². The van der Waals surface area contributed by atoms with E-state index in [-0.39, 0.29) is 0 Å². The van der Waals surface area contributed by atoms with Gasteiger partial charge in [0, 0.05) is 16.8 Å². The summed E-state index contributed by atoms with van der Waals surface area (Å²) >= 11 is 6.00. The number of imidazole rings is 1. The molecule has 20 heavy (non-hydrogen) atoms. The van der Waals surface area contributed by atoms with E-state index in [2.05, 4.69) is 11.1 Å². The van der Waals surface area contributed by atoms with Crippen LogP contribution >= 0.6 is 11.6 Å². The van der Waals surface area contributed by atoms with Crippen molar-refractivity contribution in [1.82, 2.24) is 9.38 Å². The van der Waals surface area contributed by atoms with Crippen LogP contribution in [0.2, 0.25) is 5.02 Å². The number of hydrogen-bond donors (Lipinski definition) is 0. The van der Waals surface area contributed by atoms with Crippen molar-refractivity contribution >= 4 is 17.2 Å². The maximum atomic E-state index is 13.3. The van der Waals surface area contributed by atoms with Gasteiger partial charge >= 0.3 is 0 Å². The molecule has 2 heterocycles. The number of hydrogen-bond acceptors (Lipinski definition) is 2. The second-order valence-electron chi connectivity index (χ2n) is 4.46. The van der Waals surface area contributed by atoms with Gasteiger partial charge in [-0.1, -0.05) is 17.7 Å². The van der Waals surface area contributed by atoms with E-state index >= 15 is 0 Å². The van der Waals surface area contributed by atoms with E-state index in [1.165, 1.54) is 16.7 Å². The van der Waals surface area contributed by atoms with Crippen molar-refractivity contribution in [2.75, 3.05) is 0 Å². The van der Waals surface area contributed by atoms with Gasteiger partial charge in [-0.15, -0.1) is 0 Å². The van der Waals surface area contributed by atoms with Crippen LogP contribution in [0.25, 0.3) is 16.9 Å². The maximum Gasteiger partial charge on any atom is 0.152 e. The average molecular weight is 286 g/mol. The van der Waals surface area contributed by atoms with Gasteiger partial charge in [-0.3, -0.25) is 4.40 Å². The number of aryl methyl sites for hydroxylation is 1. The highest BCUT2D eigenvalue weighted by Gasteiger charge is 2.14. The fourth-order valence-corrected chi connectivity index (χ4v) is 2.24. The third-order valence-corrected chi connectivity index (χ3v) is 3.54. The quantitative estimate of drug-likeness (QED) is 0.679. The summed E-state index contributed by atoms with van der Waals surface area (Å²) in [6.07, 6.45) is 1.26. The van der Waals surface area contributed by atoms with E-state index in [0.29, 0.717) is 22.1 Å². The smallest absolute Gasteiger partial charge is 0.152 e. The maximum absolute atomic E-state index is 13.3. The van der Waals surface area contributed by atoms with Crippen molar-refractivity contribution in [3.8, 4) is 17.3 Å². The lowest BCUT2D eigenvalue weighted by atomic mass is 10.1. The van der Waals surface area contributed by atoms with Crippen molar-refractivity contribution in [1.29, 1.82) is 5.26 Å². The molecule has 3 rings (SSSR count). The summed E-state index contributed by atoms with van der Waals surface area (Å²) in [5.74, 6) is -0.412. The third-order valence-electron chi connectivity index (χ3n) is 3.12. The molecule has 3 aromatic rings. The molecule has 0 aliphatic carbocycles. The van der Waals surface area contributed by atoms with E-state index < -0.39 is 5.82 Å². The van der Waals surface area contributed by atoms with E-state index in [1.807, 2.05) is 13.0 Å². The second kappa shape index (κ2) is 4.62. The molecule has 0 fully saturated rings. The van der Waals surface area contributed by atoms with Crippen LogP contribution in [0.4, 0.5) is 4.39 Å². The molecular weight excluding hydrogens is 277 g/mol. The van der Waals surface area contributed by atoms with Crippen LogP contribution in [0.1, 0.15) is 11.3 Å². The number of rotatable bonds is 1. The molecule has 98 valence electrons. The fraction of sp³-hybridized carbons (Fsp3) is 0.0667. The number of nitriles is 1. The fourth-order valence-electron chi connectivity index (χ4n) is 2.12. The van der Waals surface area contributed by atoms with E-state index in [9.17, 15) is 9.65 Å². The molecule has 0 N–H and O–H groups in total. The lowest BCUT2D eigenvalue weighted by molar-refractivity contribution is 0.619. The number of halogens is 2. The zero-order valence-corrected chi connectivity index (χ0v) is 11.3. The van der Waals surface area contributed by atoms with Crippen molar-refractivity contribution in [3.63, 3.8) is 0 Å². The molecule has 0 radical (unpaired) electrons. The summed E-state index contributed by atoms with van der Waals surface area (Å²) in [4.78, 5) is 4.40. The van der Waals surface area contributed by atoms with Gasteiger partial charge in [-0.05, 0) is 36.8 Å². The van der Waals surface area contributed by atoms with Gasteiger partial charge in [-0.25, -0.2) is 9.37 Å². The van der Waals surface area contributed by atoms with E-state index in [1.54, 1.807) is 18.2 Å². The largest absolute Gasteiger partial charge is 0.288 e. The van der Waals surface area contributed by atoms with E-state index in [0.717, 1.165) is 11.1 Å². The van der Waals surface area contributed by atoms with Gasteiger partial charge in [0.15, 0.2) is 5.69 Å². The molecule has 0 saturated heterocycles. The molecule has 1 aromatic carbocycles. The number of nitrogens with zero attached hydrogens (tertiary/aromatic N) is 3. The molecule has 0 aliphatic rings. The first kappa shape index (κ1) is 12.6. The summed E-state index contributed by atoms with van der Waals surface area (Å²) in [5.41, 5.74) is 3.05. The van der Waals surface area contributed by atoms with Gasteiger partial charge in [0.25, 0.3) is 0 Å². The topological polar surface area (TPSA) is 41.1 Å². The van der Waals surface area contributed by atoms with Gasteiger partial charge in [0.2, 0.25) is 0 Å². The standard InChI is InChI=1S/C15H9ClFN3/c1-9-6-10(2-4-12(9)16)15-13(7-18)20-8-11(17)3-5-14(20)19-15/h2-6,8H,1H3. The first-order valence-corrected chi connectivity index (χ1v) is 6.32.